The number of para-hydroxylation sites is 2. The highest BCUT2D eigenvalue weighted by Crippen LogP contribution is 2.55. The average molecular weight is 501 g/mol. The quantitative estimate of drug-likeness (QED) is 0.347. The van der Waals surface area contributed by atoms with Crippen molar-refractivity contribution in [3.8, 4) is 10.4 Å². The van der Waals surface area contributed by atoms with Crippen LogP contribution in [0.2, 0.25) is 0 Å². The standard InChI is InChI=1S/C28H25FN4O2S/c1-2-25(34)32-13-12-28(17-32)15-20(16-28)33-22-9-4-3-8-21(22)30-27(33)31-26(35)24-11-10-23(36-24)18-6-5-7-19(29)14-18/h2-11,14,20H,1,12-13,15-17H2,(H,30,31,35). The number of imidazole rings is 1. The summed E-state index contributed by atoms with van der Waals surface area (Å²) in [6.07, 6.45) is 4.23. The maximum Gasteiger partial charge on any atom is 0.268 e. The highest BCUT2D eigenvalue weighted by atomic mass is 32.1. The predicted octanol–water partition coefficient (Wildman–Crippen LogP) is 5.90. The molecule has 2 aromatic carbocycles. The fraction of sp³-hybridized carbons (Fsp3) is 0.250. The Morgan fingerprint density at radius 1 is 1.14 bits per heavy atom. The monoisotopic (exact) mass is 500 g/mol. The van der Waals surface area contributed by atoms with Crippen LogP contribution in [0.3, 0.4) is 0 Å². The van der Waals surface area contributed by atoms with E-state index in [-0.39, 0.29) is 29.1 Å². The minimum atomic E-state index is -0.307. The Morgan fingerprint density at radius 2 is 1.97 bits per heavy atom. The Morgan fingerprint density at radius 3 is 2.78 bits per heavy atom. The van der Waals surface area contributed by atoms with E-state index in [0.717, 1.165) is 53.8 Å². The number of aromatic nitrogens is 2. The lowest BCUT2D eigenvalue weighted by molar-refractivity contribution is -0.125. The van der Waals surface area contributed by atoms with Crippen LogP contribution < -0.4 is 5.32 Å². The molecular formula is C28H25FN4O2S. The number of anilines is 1. The number of carbonyl (C=O) groups is 2. The largest absolute Gasteiger partial charge is 0.339 e. The number of halogens is 1. The van der Waals surface area contributed by atoms with Gasteiger partial charge < -0.3 is 9.47 Å². The van der Waals surface area contributed by atoms with Gasteiger partial charge >= 0.3 is 0 Å². The summed E-state index contributed by atoms with van der Waals surface area (Å²) in [6, 6.07) is 18.0. The smallest absolute Gasteiger partial charge is 0.268 e. The number of hydrogen-bond donors (Lipinski definition) is 1. The molecule has 1 aliphatic heterocycles. The zero-order valence-electron chi connectivity index (χ0n) is 19.6. The summed E-state index contributed by atoms with van der Waals surface area (Å²) in [5.41, 5.74) is 2.67. The maximum atomic E-state index is 13.6. The van der Waals surface area contributed by atoms with Gasteiger partial charge in [0, 0.05) is 24.0 Å². The van der Waals surface area contributed by atoms with Crippen LogP contribution in [0, 0.1) is 11.2 Å². The van der Waals surface area contributed by atoms with E-state index in [0.29, 0.717) is 10.8 Å². The lowest BCUT2D eigenvalue weighted by Crippen LogP contribution is -2.42. The number of likely N-dealkylation sites (tertiary alicyclic amines) is 1. The molecule has 0 bridgehead atoms. The van der Waals surface area contributed by atoms with Crippen molar-refractivity contribution >= 4 is 40.1 Å². The van der Waals surface area contributed by atoms with Crippen LogP contribution in [-0.2, 0) is 4.79 Å². The Hall–Kier alpha value is -3.78. The molecule has 1 spiro atoms. The van der Waals surface area contributed by atoms with E-state index in [4.69, 9.17) is 4.98 Å². The Balaban J connectivity index is 1.24. The fourth-order valence-corrected chi connectivity index (χ4v) is 6.53. The number of amides is 2. The molecule has 0 atom stereocenters. The normalized spacial score (nSPS) is 21.0. The molecular weight excluding hydrogens is 475 g/mol. The molecule has 6 nitrogen and oxygen atoms in total. The lowest BCUT2D eigenvalue weighted by Gasteiger charge is -2.46. The van der Waals surface area contributed by atoms with Crippen LogP contribution >= 0.6 is 11.3 Å². The summed E-state index contributed by atoms with van der Waals surface area (Å²) in [5, 5.41) is 3.03. The first-order valence-corrected chi connectivity index (χ1v) is 12.8. The second-order valence-electron chi connectivity index (χ2n) is 9.70. The molecule has 2 aliphatic rings. The third-order valence-corrected chi connectivity index (χ3v) is 8.52. The van der Waals surface area contributed by atoms with Crippen molar-refractivity contribution in [1.82, 2.24) is 14.5 Å². The van der Waals surface area contributed by atoms with Gasteiger partial charge in [-0.25, -0.2) is 9.37 Å². The van der Waals surface area contributed by atoms with Crippen molar-refractivity contribution in [2.24, 2.45) is 5.41 Å². The number of thiophene rings is 1. The van der Waals surface area contributed by atoms with E-state index in [2.05, 4.69) is 16.5 Å². The van der Waals surface area contributed by atoms with E-state index >= 15 is 0 Å². The summed E-state index contributed by atoms with van der Waals surface area (Å²) in [5.74, 6) is -0.0290. The molecule has 6 rings (SSSR count). The van der Waals surface area contributed by atoms with Gasteiger partial charge in [0.05, 0.1) is 15.9 Å². The lowest BCUT2D eigenvalue weighted by atomic mass is 9.65. The van der Waals surface area contributed by atoms with Crippen LogP contribution in [0.4, 0.5) is 10.3 Å². The second kappa shape index (κ2) is 8.71. The van der Waals surface area contributed by atoms with Gasteiger partial charge in [-0.15, -0.1) is 11.3 Å². The molecule has 1 saturated carbocycles. The number of carbonyl (C=O) groups excluding carboxylic acids is 2. The number of nitrogens with zero attached hydrogens (tertiary/aromatic N) is 3. The molecule has 3 heterocycles. The van der Waals surface area contributed by atoms with Crippen molar-refractivity contribution in [2.45, 2.75) is 25.3 Å². The van der Waals surface area contributed by atoms with Gasteiger partial charge in [0.2, 0.25) is 11.9 Å². The van der Waals surface area contributed by atoms with Gasteiger partial charge in [-0.05, 0) is 72.7 Å². The first-order valence-electron chi connectivity index (χ1n) is 12.0. The number of hydrogen-bond acceptors (Lipinski definition) is 4. The predicted molar refractivity (Wildman–Crippen MR) is 139 cm³/mol. The number of nitrogens with one attached hydrogen (secondary N) is 1. The second-order valence-corrected chi connectivity index (χ2v) is 10.8. The van der Waals surface area contributed by atoms with E-state index in [9.17, 15) is 14.0 Å². The Kier molecular flexibility index (Phi) is 5.48. The molecule has 2 aromatic heterocycles. The molecule has 8 heteroatoms. The van der Waals surface area contributed by atoms with E-state index < -0.39 is 0 Å². The van der Waals surface area contributed by atoms with Crippen molar-refractivity contribution in [1.29, 1.82) is 0 Å². The van der Waals surface area contributed by atoms with Gasteiger partial charge in [0.1, 0.15) is 5.82 Å². The zero-order chi connectivity index (χ0) is 24.9. The molecule has 1 aliphatic carbocycles. The molecule has 2 amide bonds. The van der Waals surface area contributed by atoms with Crippen LogP contribution in [0.1, 0.15) is 35.0 Å². The summed E-state index contributed by atoms with van der Waals surface area (Å²) in [4.78, 5) is 33.3. The highest BCUT2D eigenvalue weighted by molar-refractivity contribution is 7.17. The summed E-state index contributed by atoms with van der Waals surface area (Å²) < 4.78 is 15.8. The van der Waals surface area contributed by atoms with Crippen molar-refractivity contribution < 1.29 is 14.0 Å². The van der Waals surface area contributed by atoms with Gasteiger partial charge in [0.25, 0.3) is 5.91 Å². The zero-order valence-corrected chi connectivity index (χ0v) is 20.4. The molecule has 182 valence electrons. The van der Waals surface area contributed by atoms with Gasteiger partial charge in [-0.2, -0.15) is 0 Å². The maximum absolute atomic E-state index is 13.6. The summed E-state index contributed by atoms with van der Waals surface area (Å²) >= 11 is 1.32. The highest BCUT2D eigenvalue weighted by Gasteiger charge is 2.50. The number of fused-ring (bicyclic) bond motifs is 1. The fourth-order valence-electron chi connectivity index (χ4n) is 5.63. The van der Waals surface area contributed by atoms with E-state index in [1.165, 1.54) is 29.5 Å². The van der Waals surface area contributed by atoms with Crippen LogP contribution in [0.25, 0.3) is 21.5 Å². The topological polar surface area (TPSA) is 67.2 Å². The SMILES string of the molecule is C=CC(=O)N1CCC2(CC(n3c(NC(=O)c4ccc(-c5cccc(F)c5)s4)nc4ccccc43)C2)C1. The number of rotatable bonds is 5. The van der Waals surface area contributed by atoms with E-state index in [1.807, 2.05) is 41.3 Å². The number of benzene rings is 2. The van der Waals surface area contributed by atoms with Crippen LogP contribution in [-0.4, -0.2) is 39.4 Å². The molecule has 1 N–H and O–H groups in total. The minimum absolute atomic E-state index is 0.00934. The third-order valence-electron chi connectivity index (χ3n) is 7.39. The molecule has 0 unspecified atom stereocenters. The molecule has 1 saturated heterocycles. The summed E-state index contributed by atoms with van der Waals surface area (Å²) in [6.45, 7) is 5.13. The average Bonchev–Trinajstić information content (AvgIpc) is 3.59. The summed E-state index contributed by atoms with van der Waals surface area (Å²) in [7, 11) is 0. The molecule has 36 heavy (non-hydrogen) atoms. The van der Waals surface area contributed by atoms with E-state index in [1.54, 1.807) is 12.1 Å². The molecule has 4 aromatic rings. The van der Waals surface area contributed by atoms with Gasteiger partial charge in [-0.3, -0.25) is 14.9 Å². The Labute approximate surface area is 212 Å². The van der Waals surface area contributed by atoms with Crippen LogP contribution in [0.5, 0.6) is 0 Å². The first-order chi connectivity index (χ1) is 17.4. The van der Waals surface area contributed by atoms with Crippen molar-refractivity contribution in [2.75, 3.05) is 18.4 Å². The molecule has 2 fully saturated rings. The van der Waals surface area contributed by atoms with Crippen molar-refractivity contribution in [3.63, 3.8) is 0 Å². The van der Waals surface area contributed by atoms with Gasteiger partial charge in [-0.1, -0.05) is 30.8 Å². The first kappa shape index (κ1) is 22.7. The van der Waals surface area contributed by atoms with Crippen LogP contribution in [0.15, 0.2) is 73.3 Å². The van der Waals surface area contributed by atoms with Gasteiger partial charge in [0.15, 0.2) is 0 Å². The Bertz CT molecular complexity index is 1500. The minimum Gasteiger partial charge on any atom is -0.339 e. The van der Waals surface area contributed by atoms with Crippen molar-refractivity contribution in [3.05, 3.63) is 84.0 Å². The molecule has 0 radical (unpaired) electrons. The third kappa shape index (κ3) is 3.91.